The Morgan fingerprint density at radius 3 is 2.29 bits per heavy atom. The van der Waals surface area contributed by atoms with Crippen molar-refractivity contribution in [3.63, 3.8) is 0 Å². The summed E-state index contributed by atoms with van der Waals surface area (Å²) < 4.78 is 4.82. The number of hydrogen-bond acceptors (Lipinski definition) is 3. The lowest BCUT2D eigenvalue weighted by Gasteiger charge is -2.25. The van der Waals surface area contributed by atoms with Crippen molar-refractivity contribution in [1.82, 2.24) is 4.90 Å². The summed E-state index contributed by atoms with van der Waals surface area (Å²) in [6, 6.07) is -0.778. The Labute approximate surface area is 83.6 Å². The molecule has 0 aliphatic rings. The Balaban J connectivity index is 4.49. The molecule has 0 spiro atoms. The normalized spacial score (nSPS) is 14.6. The lowest BCUT2D eigenvalue weighted by atomic mass is 10.2. The van der Waals surface area contributed by atoms with E-state index < -0.39 is 18.1 Å². The molecule has 2 atom stereocenters. The van der Waals surface area contributed by atoms with E-state index in [1.165, 1.54) is 19.1 Å². The van der Waals surface area contributed by atoms with Crippen molar-refractivity contribution >= 4 is 11.9 Å². The molecule has 0 aromatic heterocycles. The first-order chi connectivity index (χ1) is 6.45. The zero-order valence-electron chi connectivity index (χ0n) is 8.98. The second kappa shape index (κ2) is 5.59. The van der Waals surface area contributed by atoms with Crippen LogP contribution in [0.15, 0.2) is 0 Å². The van der Waals surface area contributed by atoms with E-state index in [1.807, 2.05) is 0 Å². The molecule has 0 fully saturated rings. The van der Waals surface area contributed by atoms with E-state index in [0.29, 0.717) is 6.42 Å². The van der Waals surface area contributed by atoms with Gasteiger partial charge in [-0.25, -0.2) is 4.79 Å². The van der Waals surface area contributed by atoms with E-state index in [-0.39, 0.29) is 5.91 Å². The lowest BCUT2D eigenvalue weighted by molar-refractivity contribution is -0.153. The van der Waals surface area contributed by atoms with E-state index in [2.05, 4.69) is 0 Å². The summed E-state index contributed by atoms with van der Waals surface area (Å²) >= 11 is 0. The van der Waals surface area contributed by atoms with Crippen molar-refractivity contribution in [3.8, 4) is 0 Å². The van der Waals surface area contributed by atoms with Gasteiger partial charge < -0.3 is 14.7 Å². The minimum absolute atomic E-state index is 0.318. The molecule has 2 unspecified atom stereocenters. The maximum absolute atomic E-state index is 11.5. The smallest absolute Gasteiger partial charge is 0.326 e. The fourth-order valence-electron chi connectivity index (χ4n) is 1.16. The highest BCUT2D eigenvalue weighted by molar-refractivity contribution is 5.85. The van der Waals surface area contributed by atoms with Crippen LogP contribution in [0.25, 0.3) is 0 Å². The number of likely N-dealkylation sites (N-methyl/N-ethyl adjacent to an activating group) is 1. The van der Waals surface area contributed by atoms with Gasteiger partial charge >= 0.3 is 5.97 Å². The first-order valence-electron chi connectivity index (χ1n) is 4.47. The number of ether oxygens (including phenoxy) is 1. The van der Waals surface area contributed by atoms with E-state index in [1.54, 1.807) is 13.8 Å². The molecule has 0 aliphatic carbocycles. The molecule has 5 heteroatoms. The fourth-order valence-corrected chi connectivity index (χ4v) is 1.16. The van der Waals surface area contributed by atoms with E-state index >= 15 is 0 Å². The van der Waals surface area contributed by atoms with Gasteiger partial charge in [0.15, 0.2) is 0 Å². The molecule has 1 N–H and O–H groups in total. The zero-order valence-corrected chi connectivity index (χ0v) is 8.98. The van der Waals surface area contributed by atoms with Crippen LogP contribution in [0.5, 0.6) is 0 Å². The van der Waals surface area contributed by atoms with E-state index in [0.717, 1.165) is 0 Å². The average Bonchev–Trinajstić information content (AvgIpc) is 2.15. The highest BCUT2D eigenvalue weighted by Crippen LogP contribution is 2.05. The van der Waals surface area contributed by atoms with Gasteiger partial charge in [0.25, 0.3) is 5.91 Å². The molecule has 14 heavy (non-hydrogen) atoms. The Morgan fingerprint density at radius 2 is 2.00 bits per heavy atom. The van der Waals surface area contributed by atoms with E-state index in [9.17, 15) is 9.59 Å². The summed E-state index contributed by atoms with van der Waals surface area (Å²) in [5, 5.41) is 8.81. The Kier molecular flexibility index (Phi) is 5.15. The molecular formula is C9H17NO4. The Bertz CT molecular complexity index is 217. The predicted octanol–water partition coefficient (Wildman–Crippen LogP) is 0.343. The second-order valence-electron chi connectivity index (χ2n) is 3.09. The first-order valence-corrected chi connectivity index (χ1v) is 4.47. The standard InChI is InChI=1S/C9H17NO4/c1-5-7(9(12)13)10(3)8(11)6(2)14-4/h6-7H,5H2,1-4H3,(H,12,13). The predicted molar refractivity (Wildman–Crippen MR) is 51.0 cm³/mol. The van der Waals surface area contributed by atoms with Gasteiger partial charge in [0.05, 0.1) is 0 Å². The van der Waals surface area contributed by atoms with Gasteiger partial charge in [0.1, 0.15) is 12.1 Å². The van der Waals surface area contributed by atoms with Crippen LogP contribution in [0.4, 0.5) is 0 Å². The first kappa shape index (κ1) is 12.9. The number of carbonyl (C=O) groups excluding carboxylic acids is 1. The van der Waals surface area contributed by atoms with Gasteiger partial charge in [0, 0.05) is 14.2 Å². The van der Waals surface area contributed by atoms with Crippen molar-refractivity contribution < 1.29 is 19.4 Å². The fraction of sp³-hybridized carbons (Fsp3) is 0.778. The number of methoxy groups -OCH3 is 1. The third-order valence-electron chi connectivity index (χ3n) is 2.19. The molecule has 5 nitrogen and oxygen atoms in total. The van der Waals surface area contributed by atoms with Crippen LogP contribution in [0, 0.1) is 0 Å². The van der Waals surface area contributed by atoms with Crippen LogP contribution < -0.4 is 0 Å². The maximum atomic E-state index is 11.5. The number of nitrogens with zero attached hydrogens (tertiary/aromatic N) is 1. The van der Waals surface area contributed by atoms with E-state index in [4.69, 9.17) is 9.84 Å². The molecular weight excluding hydrogens is 186 g/mol. The molecule has 0 rings (SSSR count). The number of rotatable bonds is 5. The van der Waals surface area contributed by atoms with Crippen molar-refractivity contribution in [1.29, 1.82) is 0 Å². The van der Waals surface area contributed by atoms with Crippen LogP contribution in [0.3, 0.4) is 0 Å². The van der Waals surface area contributed by atoms with Gasteiger partial charge in [0.2, 0.25) is 0 Å². The van der Waals surface area contributed by atoms with Crippen LogP contribution in [-0.2, 0) is 14.3 Å². The van der Waals surface area contributed by atoms with Gasteiger partial charge in [-0.3, -0.25) is 4.79 Å². The molecule has 0 radical (unpaired) electrons. The third-order valence-corrected chi connectivity index (χ3v) is 2.19. The number of carbonyl (C=O) groups is 2. The minimum atomic E-state index is -0.994. The summed E-state index contributed by atoms with van der Waals surface area (Å²) in [5.74, 6) is -1.31. The minimum Gasteiger partial charge on any atom is -0.480 e. The highest BCUT2D eigenvalue weighted by Gasteiger charge is 2.27. The quantitative estimate of drug-likeness (QED) is 0.699. The average molecular weight is 203 g/mol. The molecule has 0 saturated carbocycles. The molecule has 0 saturated heterocycles. The Hall–Kier alpha value is -1.10. The topological polar surface area (TPSA) is 66.8 Å². The molecule has 1 amide bonds. The summed E-state index contributed by atoms with van der Waals surface area (Å²) in [6.45, 7) is 3.31. The van der Waals surface area contributed by atoms with Crippen LogP contribution in [0.1, 0.15) is 20.3 Å². The lowest BCUT2D eigenvalue weighted by Crippen LogP contribution is -2.46. The SMILES string of the molecule is CCC(C(=O)O)N(C)C(=O)C(C)OC. The summed E-state index contributed by atoms with van der Waals surface area (Å²) in [5.41, 5.74) is 0. The zero-order chi connectivity index (χ0) is 11.3. The van der Waals surface area contributed by atoms with Crippen LogP contribution in [-0.4, -0.2) is 48.2 Å². The summed E-state index contributed by atoms with van der Waals surface area (Å²) in [7, 11) is 2.89. The summed E-state index contributed by atoms with van der Waals surface area (Å²) in [6.07, 6.45) is -0.220. The van der Waals surface area contributed by atoms with Gasteiger partial charge in [-0.1, -0.05) is 6.92 Å². The molecule has 0 heterocycles. The number of hydrogen-bond donors (Lipinski definition) is 1. The third kappa shape index (κ3) is 2.99. The van der Waals surface area contributed by atoms with Crippen molar-refractivity contribution in [2.24, 2.45) is 0 Å². The van der Waals surface area contributed by atoms with Crippen molar-refractivity contribution in [2.45, 2.75) is 32.4 Å². The second-order valence-corrected chi connectivity index (χ2v) is 3.09. The van der Waals surface area contributed by atoms with Gasteiger partial charge in [-0.15, -0.1) is 0 Å². The summed E-state index contributed by atoms with van der Waals surface area (Å²) in [4.78, 5) is 23.5. The molecule has 0 aromatic rings. The van der Waals surface area contributed by atoms with Gasteiger partial charge in [-0.2, -0.15) is 0 Å². The number of amides is 1. The van der Waals surface area contributed by atoms with Gasteiger partial charge in [-0.05, 0) is 13.3 Å². The monoisotopic (exact) mass is 203 g/mol. The van der Waals surface area contributed by atoms with Crippen molar-refractivity contribution in [2.75, 3.05) is 14.2 Å². The number of carboxylic acids is 1. The number of aliphatic carboxylic acids is 1. The van der Waals surface area contributed by atoms with Crippen molar-refractivity contribution in [3.05, 3.63) is 0 Å². The molecule has 0 aliphatic heterocycles. The molecule has 82 valence electrons. The number of carboxylic acid groups (broad SMARTS) is 1. The Morgan fingerprint density at radius 1 is 1.50 bits per heavy atom. The molecule has 0 bridgehead atoms. The largest absolute Gasteiger partial charge is 0.480 e. The highest BCUT2D eigenvalue weighted by atomic mass is 16.5. The molecule has 0 aromatic carbocycles. The maximum Gasteiger partial charge on any atom is 0.326 e. The van der Waals surface area contributed by atoms with Crippen LogP contribution >= 0.6 is 0 Å². The van der Waals surface area contributed by atoms with Crippen LogP contribution in [0.2, 0.25) is 0 Å².